The van der Waals surface area contributed by atoms with Crippen LogP contribution in [-0.4, -0.2) is 32.0 Å². The second-order valence-corrected chi connectivity index (χ2v) is 7.90. The van der Waals surface area contributed by atoms with E-state index in [0.717, 1.165) is 16.6 Å². The number of carbonyl (C=O) groups excluding carboxylic acids is 1. The molecule has 2 rings (SSSR count). The van der Waals surface area contributed by atoms with Gasteiger partial charge < -0.3 is 5.32 Å². The Bertz CT molecular complexity index is 945. The van der Waals surface area contributed by atoms with Gasteiger partial charge >= 0.3 is 0 Å². The number of carbonyl (C=O) groups is 1. The fourth-order valence-corrected chi connectivity index (χ4v) is 3.26. The summed E-state index contributed by atoms with van der Waals surface area (Å²) in [4.78, 5) is 22.6. The molecule has 0 unspecified atom stereocenters. The third-order valence-corrected chi connectivity index (χ3v) is 4.87. The number of sulfonamides is 1. The van der Waals surface area contributed by atoms with E-state index in [9.17, 15) is 23.3 Å². The number of anilines is 2. The zero-order valence-corrected chi connectivity index (χ0v) is 15.5. The molecule has 0 aliphatic heterocycles. The SMILES string of the molecule is Cc1ccc([N+](=O)[O-])cc1N(CC(=O)Nc1ccc(Cl)cc1)S(C)(=O)=O. The van der Waals surface area contributed by atoms with E-state index in [1.54, 1.807) is 31.2 Å². The summed E-state index contributed by atoms with van der Waals surface area (Å²) in [7, 11) is -3.85. The van der Waals surface area contributed by atoms with Gasteiger partial charge in [-0.25, -0.2) is 8.42 Å². The van der Waals surface area contributed by atoms with Crippen LogP contribution in [0.3, 0.4) is 0 Å². The summed E-state index contributed by atoms with van der Waals surface area (Å²) in [5.74, 6) is -0.594. The molecule has 10 heteroatoms. The van der Waals surface area contributed by atoms with Crippen molar-refractivity contribution in [1.82, 2.24) is 0 Å². The fourth-order valence-electron chi connectivity index (χ4n) is 2.23. The van der Waals surface area contributed by atoms with E-state index in [1.807, 2.05) is 0 Å². The number of hydrogen-bond donors (Lipinski definition) is 1. The molecule has 0 radical (unpaired) electrons. The molecule has 2 aromatic rings. The van der Waals surface area contributed by atoms with Crippen molar-refractivity contribution in [3.8, 4) is 0 Å². The van der Waals surface area contributed by atoms with Gasteiger partial charge in [0.1, 0.15) is 6.54 Å². The maximum Gasteiger partial charge on any atom is 0.271 e. The largest absolute Gasteiger partial charge is 0.325 e. The van der Waals surface area contributed by atoms with Gasteiger partial charge in [0, 0.05) is 22.8 Å². The number of halogens is 1. The molecule has 1 amide bonds. The van der Waals surface area contributed by atoms with Crippen molar-refractivity contribution in [2.24, 2.45) is 0 Å². The van der Waals surface area contributed by atoms with Crippen molar-refractivity contribution in [1.29, 1.82) is 0 Å². The summed E-state index contributed by atoms with van der Waals surface area (Å²) in [5, 5.41) is 14.0. The molecular formula is C16H16ClN3O5S. The lowest BCUT2D eigenvalue weighted by atomic mass is 10.2. The van der Waals surface area contributed by atoms with Crippen LogP contribution in [0.15, 0.2) is 42.5 Å². The van der Waals surface area contributed by atoms with Crippen LogP contribution in [0.5, 0.6) is 0 Å². The minimum atomic E-state index is -3.85. The third-order valence-electron chi connectivity index (χ3n) is 3.49. The lowest BCUT2D eigenvalue weighted by molar-refractivity contribution is -0.384. The third kappa shape index (κ3) is 4.93. The molecular weight excluding hydrogens is 382 g/mol. The molecule has 1 N–H and O–H groups in total. The summed E-state index contributed by atoms with van der Waals surface area (Å²) in [6.07, 6.45) is 0.931. The Morgan fingerprint density at radius 2 is 1.85 bits per heavy atom. The fraction of sp³-hybridized carbons (Fsp3) is 0.188. The van der Waals surface area contributed by atoms with Crippen LogP contribution >= 0.6 is 11.6 Å². The van der Waals surface area contributed by atoms with Crippen molar-refractivity contribution >= 4 is 44.6 Å². The minimum Gasteiger partial charge on any atom is -0.325 e. The van der Waals surface area contributed by atoms with Crippen molar-refractivity contribution in [3.63, 3.8) is 0 Å². The van der Waals surface area contributed by atoms with E-state index in [0.29, 0.717) is 16.3 Å². The first kappa shape index (κ1) is 19.7. The summed E-state index contributed by atoms with van der Waals surface area (Å²) in [5.41, 5.74) is 0.745. The Kier molecular flexibility index (Phi) is 5.83. The van der Waals surface area contributed by atoms with Crippen molar-refractivity contribution in [2.75, 3.05) is 22.4 Å². The number of nitro benzene ring substituents is 1. The Morgan fingerprint density at radius 1 is 1.23 bits per heavy atom. The van der Waals surface area contributed by atoms with E-state index >= 15 is 0 Å². The zero-order valence-electron chi connectivity index (χ0n) is 14.0. The second-order valence-electron chi connectivity index (χ2n) is 5.55. The smallest absolute Gasteiger partial charge is 0.271 e. The quantitative estimate of drug-likeness (QED) is 0.595. The summed E-state index contributed by atoms with van der Waals surface area (Å²) in [6, 6.07) is 10.1. The van der Waals surface area contributed by atoms with E-state index < -0.39 is 27.4 Å². The van der Waals surface area contributed by atoms with Gasteiger partial charge in [-0.2, -0.15) is 0 Å². The average molecular weight is 398 g/mol. The molecule has 0 heterocycles. The molecule has 0 aromatic heterocycles. The number of benzene rings is 2. The van der Waals surface area contributed by atoms with Gasteiger partial charge in [0.15, 0.2) is 0 Å². The number of amides is 1. The number of nitrogens with one attached hydrogen (secondary N) is 1. The van der Waals surface area contributed by atoms with Gasteiger partial charge in [0.05, 0.1) is 16.9 Å². The first-order valence-electron chi connectivity index (χ1n) is 7.36. The summed E-state index contributed by atoms with van der Waals surface area (Å²) >= 11 is 5.77. The molecule has 0 aliphatic carbocycles. The van der Waals surface area contributed by atoms with Crippen LogP contribution in [0.2, 0.25) is 5.02 Å². The highest BCUT2D eigenvalue weighted by atomic mass is 35.5. The second kappa shape index (κ2) is 7.71. The van der Waals surface area contributed by atoms with Gasteiger partial charge in [-0.05, 0) is 36.8 Å². The highest BCUT2D eigenvalue weighted by Crippen LogP contribution is 2.27. The van der Waals surface area contributed by atoms with Gasteiger partial charge in [-0.3, -0.25) is 19.2 Å². The van der Waals surface area contributed by atoms with E-state index in [-0.39, 0.29) is 11.4 Å². The lowest BCUT2D eigenvalue weighted by Gasteiger charge is -2.23. The molecule has 0 atom stereocenters. The summed E-state index contributed by atoms with van der Waals surface area (Å²) < 4.78 is 25.1. The van der Waals surface area contributed by atoms with Gasteiger partial charge in [0.25, 0.3) is 5.69 Å². The monoisotopic (exact) mass is 397 g/mol. The Balaban J connectivity index is 2.31. The number of nitrogens with zero attached hydrogens (tertiary/aromatic N) is 2. The molecule has 0 saturated carbocycles. The predicted octanol–water partition coefficient (Wildman–Crippen LogP) is 2.96. The molecule has 0 fully saturated rings. The van der Waals surface area contributed by atoms with Crippen LogP contribution in [0.4, 0.5) is 17.1 Å². The standard InChI is InChI=1S/C16H16ClN3O5S/c1-11-3-8-14(20(22)23)9-15(11)19(26(2,24)25)10-16(21)18-13-6-4-12(17)5-7-13/h3-9H,10H2,1-2H3,(H,18,21). The van der Waals surface area contributed by atoms with Crippen molar-refractivity contribution < 1.29 is 18.1 Å². The Labute approximate surface area is 155 Å². The molecule has 0 aliphatic rings. The lowest BCUT2D eigenvalue weighted by Crippen LogP contribution is -2.37. The maximum atomic E-state index is 12.3. The van der Waals surface area contributed by atoms with Crippen LogP contribution in [0, 0.1) is 17.0 Å². The van der Waals surface area contributed by atoms with Crippen LogP contribution in [0.25, 0.3) is 0 Å². The zero-order chi connectivity index (χ0) is 19.5. The minimum absolute atomic E-state index is 0.0768. The van der Waals surface area contributed by atoms with Gasteiger partial charge in [0.2, 0.25) is 15.9 Å². The number of rotatable bonds is 6. The van der Waals surface area contributed by atoms with E-state index in [1.165, 1.54) is 12.1 Å². The van der Waals surface area contributed by atoms with Gasteiger partial charge in [-0.15, -0.1) is 0 Å². The van der Waals surface area contributed by atoms with E-state index in [4.69, 9.17) is 11.6 Å². The van der Waals surface area contributed by atoms with Crippen molar-refractivity contribution in [2.45, 2.75) is 6.92 Å². The maximum absolute atomic E-state index is 12.3. The molecule has 138 valence electrons. The van der Waals surface area contributed by atoms with Crippen LogP contribution < -0.4 is 9.62 Å². The molecule has 0 spiro atoms. The number of nitro groups is 1. The Morgan fingerprint density at radius 3 is 2.38 bits per heavy atom. The van der Waals surface area contributed by atoms with Gasteiger partial charge in [-0.1, -0.05) is 17.7 Å². The summed E-state index contributed by atoms with van der Waals surface area (Å²) in [6.45, 7) is 1.08. The molecule has 26 heavy (non-hydrogen) atoms. The molecule has 2 aromatic carbocycles. The topological polar surface area (TPSA) is 110 Å². The highest BCUT2D eigenvalue weighted by Gasteiger charge is 2.24. The molecule has 0 bridgehead atoms. The highest BCUT2D eigenvalue weighted by molar-refractivity contribution is 7.92. The number of hydrogen-bond acceptors (Lipinski definition) is 5. The van der Waals surface area contributed by atoms with E-state index in [2.05, 4.69) is 5.32 Å². The van der Waals surface area contributed by atoms with Crippen molar-refractivity contribution in [3.05, 3.63) is 63.2 Å². The first-order chi connectivity index (χ1) is 12.1. The number of aryl methyl sites for hydroxylation is 1. The number of non-ortho nitro benzene ring substituents is 1. The normalized spacial score (nSPS) is 11.0. The predicted molar refractivity (Wildman–Crippen MR) is 100 cm³/mol. The average Bonchev–Trinajstić information content (AvgIpc) is 2.54. The Hall–Kier alpha value is -2.65. The van der Waals surface area contributed by atoms with Crippen LogP contribution in [-0.2, 0) is 14.8 Å². The molecule has 8 nitrogen and oxygen atoms in total. The van der Waals surface area contributed by atoms with Crippen LogP contribution in [0.1, 0.15) is 5.56 Å². The molecule has 0 saturated heterocycles. The first-order valence-corrected chi connectivity index (χ1v) is 9.59.